The second-order valence-corrected chi connectivity index (χ2v) is 6.21. The lowest BCUT2D eigenvalue weighted by atomic mass is 9.76. The lowest BCUT2D eigenvalue weighted by Gasteiger charge is -2.36. The molecule has 1 aromatic rings. The summed E-state index contributed by atoms with van der Waals surface area (Å²) >= 11 is 3.52. The Kier molecular flexibility index (Phi) is 5.40. The van der Waals surface area contributed by atoms with Gasteiger partial charge in [-0.25, -0.2) is 0 Å². The van der Waals surface area contributed by atoms with Gasteiger partial charge in [0.25, 0.3) is 0 Å². The quantitative estimate of drug-likeness (QED) is 0.757. The van der Waals surface area contributed by atoms with E-state index in [9.17, 15) is 4.79 Å². The summed E-state index contributed by atoms with van der Waals surface area (Å²) in [5.41, 5.74) is 6.54. The summed E-state index contributed by atoms with van der Waals surface area (Å²) in [6.07, 6.45) is 4.86. The van der Waals surface area contributed by atoms with Crippen LogP contribution < -0.4 is 11.1 Å². The van der Waals surface area contributed by atoms with Gasteiger partial charge >= 0.3 is 0 Å². The van der Waals surface area contributed by atoms with E-state index in [1.807, 2.05) is 0 Å². The van der Waals surface area contributed by atoms with Gasteiger partial charge in [0.15, 0.2) is 0 Å². The molecule has 0 aromatic heterocycles. The normalized spacial score (nSPS) is 21.9. The van der Waals surface area contributed by atoms with E-state index in [2.05, 4.69) is 45.5 Å². The van der Waals surface area contributed by atoms with Crippen LogP contribution in [0.1, 0.15) is 43.6 Å². The highest BCUT2D eigenvalue weighted by atomic mass is 79.9. The molecular formula is C15H21BrN2O. The maximum Gasteiger partial charge on any atom is 0.217 e. The number of hydrogen-bond donors (Lipinski definition) is 2. The topological polar surface area (TPSA) is 55.1 Å². The van der Waals surface area contributed by atoms with Gasteiger partial charge in [0, 0.05) is 16.9 Å². The highest BCUT2D eigenvalue weighted by molar-refractivity contribution is 9.10. The Labute approximate surface area is 123 Å². The van der Waals surface area contributed by atoms with Crippen molar-refractivity contribution in [2.45, 2.75) is 44.1 Å². The van der Waals surface area contributed by atoms with Crippen LogP contribution in [-0.4, -0.2) is 18.5 Å². The maximum absolute atomic E-state index is 10.6. The van der Waals surface area contributed by atoms with E-state index in [4.69, 9.17) is 5.73 Å². The summed E-state index contributed by atoms with van der Waals surface area (Å²) in [7, 11) is 0. The zero-order valence-corrected chi connectivity index (χ0v) is 12.7. The molecule has 0 atom stereocenters. The van der Waals surface area contributed by atoms with Crippen molar-refractivity contribution in [3.05, 3.63) is 34.3 Å². The molecule has 1 fully saturated rings. The predicted molar refractivity (Wildman–Crippen MR) is 81.0 cm³/mol. The number of hydrogen-bond acceptors (Lipinski definition) is 2. The van der Waals surface area contributed by atoms with Gasteiger partial charge in [-0.1, -0.05) is 28.1 Å². The minimum atomic E-state index is -0.196. The summed E-state index contributed by atoms with van der Waals surface area (Å²) in [6.45, 7) is 0.989. The van der Waals surface area contributed by atoms with Crippen LogP contribution in [0.15, 0.2) is 28.7 Å². The molecule has 0 unspecified atom stereocenters. The first-order valence-corrected chi connectivity index (χ1v) is 7.71. The number of nitrogens with one attached hydrogen (secondary N) is 1. The van der Waals surface area contributed by atoms with E-state index in [0.717, 1.165) is 23.9 Å². The van der Waals surface area contributed by atoms with Gasteiger partial charge in [0.1, 0.15) is 0 Å². The highest BCUT2D eigenvalue weighted by Gasteiger charge is 2.29. The molecule has 1 amide bonds. The zero-order chi connectivity index (χ0) is 13.7. The van der Waals surface area contributed by atoms with Crippen molar-refractivity contribution < 1.29 is 4.79 Å². The molecule has 1 aliphatic rings. The number of amides is 1. The third kappa shape index (κ3) is 4.62. The van der Waals surface area contributed by atoms with E-state index in [1.54, 1.807) is 0 Å². The summed E-state index contributed by atoms with van der Waals surface area (Å²) in [5.74, 6) is 0.499. The Morgan fingerprint density at radius 3 is 2.84 bits per heavy atom. The fourth-order valence-corrected chi connectivity index (χ4v) is 2.96. The maximum atomic E-state index is 10.6. The average molecular weight is 325 g/mol. The molecule has 3 nitrogen and oxygen atoms in total. The third-order valence-corrected chi connectivity index (χ3v) is 4.23. The Morgan fingerprint density at radius 2 is 2.16 bits per heavy atom. The van der Waals surface area contributed by atoms with Gasteiger partial charge in [0.05, 0.1) is 0 Å². The Morgan fingerprint density at radius 1 is 1.37 bits per heavy atom. The number of nitrogens with two attached hydrogens (primary N) is 1. The first-order chi connectivity index (χ1) is 9.15. The van der Waals surface area contributed by atoms with Crippen LogP contribution in [-0.2, 0) is 4.79 Å². The molecule has 0 saturated heterocycles. The number of halogens is 1. The minimum Gasteiger partial charge on any atom is -0.370 e. The number of carbonyl (C=O) groups is 1. The number of primary amides is 1. The van der Waals surface area contributed by atoms with Crippen LogP contribution in [0.3, 0.4) is 0 Å². The van der Waals surface area contributed by atoms with E-state index in [0.29, 0.717) is 18.4 Å². The summed E-state index contributed by atoms with van der Waals surface area (Å²) in [6, 6.07) is 9.23. The number of unbranched alkanes of at least 4 members (excludes halogenated alkanes) is 1. The smallest absolute Gasteiger partial charge is 0.217 e. The monoisotopic (exact) mass is 324 g/mol. The van der Waals surface area contributed by atoms with E-state index in [1.165, 1.54) is 18.4 Å². The van der Waals surface area contributed by atoms with Gasteiger partial charge in [-0.15, -0.1) is 0 Å². The molecule has 1 aromatic carbocycles. The molecule has 104 valence electrons. The molecule has 3 N–H and O–H groups in total. The second-order valence-electron chi connectivity index (χ2n) is 5.30. The largest absolute Gasteiger partial charge is 0.370 e. The summed E-state index contributed by atoms with van der Waals surface area (Å²) in [4.78, 5) is 10.6. The Bertz CT molecular complexity index is 430. The number of rotatable bonds is 7. The van der Waals surface area contributed by atoms with Gasteiger partial charge in [-0.3, -0.25) is 4.79 Å². The standard InChI is InChI=1S/C15H21BrN2O/c16-13-5-3-4-11(8-13)12-9-14(10-12)18-7-2-1-6-15(17)19/h3-5,8,12,14,18H,1-2,6-7,9-10H2,(H2,17,19). The van der Waals surface area contributed by atoms with Crippen LogP contribution in [0.25, 0.3) is 0 Å². The molecule has 0 spiro atoms. The molecule has 0 heterocycles. The molecule has 2 rings (SSSR count). The first kappa shape index (κ1) is 14.5. The van der Waals surface area contributed by atoms with E-state index >= 15 is 0 Å². The third-order valence-electron chi connectivity index (χ3n) is 3.74. The van der Waals surface area contributed by atoms with Crippen molar-refractivity contribution in [1.82, 2.24) is 5.32 Å². The number of carbonyl (C=O) groups excluding carboxylic acids is 1. The molecule has 0 aliphatic heterocycles. The minimum absolute atomic E-state index is 0.196. The lowest BCUT2D eigenvalue weighted by molar-refractivity contribution is -0.118. The van der Waals surface area contributed by atoms with Crippen molar-refractivity contribution in [1.29, 1.82) is 0 Å². The fourth-order valence-electron chi connectivity index (χ4n) is 2.55. The van der Waals surface area contributed by atoms with Gasteiger partial charge in [-0.2, -0.15) is 0 Å². The Balaban J connectivity index is 1.60. The molecule has 0 radical (unpaired) electrons. The van der Waals surface area contributed by atoms with Gasteiger partial charge < -0.3 is 11.1 Å². The lowest BCUT2D eigenvalue weighted by Crippen LogP contribution is -2.40. The first-order valence-electron chi connectivity index (χ1n) is 6.92. The van der Waals surface area contributed by atoms with Crippen LogP contribution >= 0.6 is 15.9 Å². The van der Waals surface area contributed by atoms with Crippen LogP contribution in [0.4, 0.5) is 0 Å². The van der Waals surface area contributed by atoms with Crippen molar-refractivity contribution >= 4 is 21.8 Å². The molecule has 4 heteroatoms. The van der Waals surface area contributed by atoms with Crippen molar-refractivity contribution in [2.24, 2.45) is 5.73 Å². The molecular weight excluding hydrogens is 304 g/mol. The zero-order valence-electron chi connectivity index (χ0n) is 11.1. The van der Waals surface area contributed by atoms with Crippen molar-refractivity contribution in [3.8, 4) is 0 Å². The molecule has 1 saturated carbocycles. The fraction of sp³-hybridized carbons (Fsp3) is 0.533. The van der Waals surface area contributed by atoms with Crippen LogP contribution in [0.5, 0.6) is 0 Å². The predicted octanol–water partition coefficient (Wildman–Crippen LogP) is 2.94. The van der Waals surface area contributed by atoms with Crippen LogP contribution in [0.2, 0.25) is 0 Å². The van der Waals surface area contributed by atoms with Crippen LogP contribution in [0, 0.1) is 0 Å². The van der Waals surface area contributed by atoms with Gasteiger partial charge in [0.2, 0.25) is 5.91 Å². The number of benzene rings is 1. The second kappa shape index (κ2) is 7.06. The molecule has 0 bridgehead atoms. The van der Waals surface area contributed by atoms with Crippen molar-refractivity contribution in [3.63, 3.8) is 0 Å². The van der Waals surface area contributed by atoms with Crippen molar-refractivity contribution in [2.75, 3.05) is 6.54 Å². The highest BCUT2D eigenvalue weighted by Crippen LogP contribution is 2.37. The molecule has 1 aliphatic carbocycles. The molecule has 19 heavy (non-hydrogen) atoms. The van der Waals surface area contributed by atoms with Gasteiger partial charge in [-0.05, 0) is 55.8 Å². The SMILES string of the molecule is NC(=O)CCCCNC1CC(c2cccc(Br)c2)C1. The summed E-state index contributed by atoms with van der Waals surface area (Å²) < 4.78 is 1.16. The average Bonchev–Trinajstić information content (AvgIpc) is 2.30. The summed E-state index contributed by atoms with van der Waals surface area (Å²) in [5, 5.41) is 3.54. The van der Waals surface area contributed by atoms with E-state index < -0.39 is 0 Å². The van der Waals surface area contributed by atoms with E-state index in [-0.39, 0.29) is 5.91 Å². The Hall–Kier alpha value is -0.870.